The van der Waals surface area contributed by atoms with E-state index in [1.54, 1.807) is 0 Å². The molecule has 18 nitrogen and oxygen atoms in total. The van der Waals surface area contributed by atoms with E-state index in [1.807, 2.05) is 0 Å². The fourth-order valence-corrected chi connectivity index (χ4v) is 3.09. The molecule has 0 spiro atoms. The monoisotopic (exact) mass is 473 g/mol. The Bertz CT molecular complexity index is 1090. The molecule has 1 fully saturated rings. The number of nitrogens with zero attached hydrogens (tertiary/aromatic N) is 7. The maximum Gasteiger partial charge on any atom is 0.469 e. The second-order valence-electron chi connectivity index (χ2n) is 6.33. The minimum Gasteiger partial charge on any atom is -0.387 e. The van der Waals surface area contributed by atoms with Gasteiger partial charge in [-0.1, -0.05) is 0 Å². The maximum atomic E-state index is 10.7. The van der Waals surface area contributed by atoms with Crippen LogP contribution in [0, 0.1) is 0 Å². The summed E-state index contributed by atoms with van der Waals surface area (Å²) in [5.41, 5.74) is 21.7. The molecule has 0 aromatic carbocycles. The number of phosphoric ester groups is 1. The van der Waals surface area contributed by atoms with E-state index in [-0.39, 0.29) is 29.3 Å². The molecule has 1 saturated heterocycles. The van der Waals surface area contributed by atoms with Crippen molar-refractivity contribution in [3.05, 3.63) is 12.7 Å². The summed E-state index contributed by atoms with van der Waals surface area (Å²) in [7, 11) is -4.72. The first kappa shape index (κ1) is 23.4. The van der Waals surface area contributed by atoms with Crippen molar-refractivity contribution in [2.45, 2.75) is 24.5 Å². The van der Waals surface area contributed by atoms with E-state index >= 15 is 0 Å². The molecule has 174 valence electrons. The highest BCUT2D eigenvalue weighted by molar-refractivity contribution is 7.46. The number of fused-ring (bicyclic) bond motifs is 1. The van der Waals surface area contributed by atoms with Crippen LogP contribution in [-0.4, -0.2) is 79.4 Å². The van der Waals surface area contributed by atoms with Gasteiger partial charge < -0.3 is 47.7 Å². The Labute approximate surface area is 178 Å². The van der Waals surface area contributed by atoms with Gasteiger partial charge in [0, 0.05) is 0 Å². The SMILES string of the molecule is Nc1nc(N)nc(N)n1.Nc1ncnc2c1ncn2[C@@H]1O[C@H](COP(=O)(O)O)[C@@H](O)[C@H]1O. The van der Waals surface area contributed by atoms with Crippen LogP contribution in [0.4, 0.5) is 23.7 Å². The molecular weight excluding hydrogens is 453 g/mol. The number of imidazole rings is 1. The van der Waals surface area contributed by atoms with Crippen LogP contribution in [0.1, 0.15) is 6.23 Å². The molecule has 0 saturated carbocycles. The Morgan fingerprint density at radius 3 is 2.16 bits per heavy atom. The lowest BCUT2D eigenvalue weighted by atomic mass is 10.1. The molecule has 0 unspecified atom stereocenters. The summed E-state index contributed by atoms with van der Waals surface area (Å²) in [5, 5.41) is 20.1. The number of anilines is 4. The summed E-state index contributed by atoms with van der Waals surface area (Å²) in [6, 6.07) is 0. The Hall–Kier alpha value is -3.25. The second-order valence-corrected chi connectivity index (χ2v) is 7.56. The molecular formula is C13H20N11O7P. The number of aromatic nitrogens is 7. The number of ether oxygens (including phenoxy) is 1. The Morgan fingerprint density at radius 1 is 1.00 bits per heavy atom. The molecule has 1 aliphatic heterocycles. The van der Waals surface area contributed by atoms with E-state index in [4.69, 9.17) is 37.5 Å². The van der Waals surface area contributed by atoms with Gasteiger partial charge in [0.1, 0.15) is 30.2 Å². The fourth-order valence-electron chi connectivity index (χ4n) is 2.75. The van der Waals surface area contributed by atoms with Gasteiger partial charge in [0.05, 0.1) is 12.9 Å². The molecule has 0 amide bonds. The predicted octanol–water partition coefficient (Wildman–Crippen LogP) is -3.24. The fraction of sp³-hybridized carbons (Fsp3) is 0.385. The molecule has 4 atom stereocenters. The van der Waals surface area contributed by atoms with Crippen LogP contribution in [0.5, 0.6) is 0 Å². The summed E-state index contributed by atoms with van der Waals surface area (Å²) >= 11 is 0. The number of hydrogen-bond acceptors (Lipinski definition) is 15. The molecule has 4 heterocycles. The molecule has 19 heteroatoms. The highest BCUT2D eigenvalue weighted by Crippen LogP contribution is 2.38. The maximum absolute atomic E-state index is 10.7. The van der Waals surface area contributed by atoms with Gasteiger partial charge in [-0.3, -0.25) is 9.09 Å². The number of hydrogen-bond donors (Lipinski definition) is 8. The Morgan fingerprint density at radius 2 is 1.59 bits per heavy atom. The number of rotatable bonds is 4. The van der Waals surface area contributed by atoms with Crippen LogP contribution in [0.15, 0.2) is 12.7 Å². The lowest BCUT2D eigenvalue weighted by molar-refractivity contribution is -0.0504. The molecule has 0 aliphatic carbocycles. The third kappa shape index (κ3) is 5.32. The van der Waals surface area contributed by atoms with Crippen molar-refractivity contribution >= 4 is 42.6 Å². The Balaban J connectivity index is 0.000000269. The van der Waals surface area contributed by atoms with Crippen LogP contribution < -0.4 is 22.9 Å². The van der Waals surface area contributed by atoms with E-state index in [0.29, 0.717) is 5.52 Å². The number of phosphoric acid groups is 1. The van der Waals surface area contributed by atoms with Gasteiger partial charge in [0.25, 0.3) is 0 Å². The van der Waals surface area contributed by atoms with Crippen molar-refractivity contribution in [3.63, 3.8) is 0 Å². The van der Waals surface area contributed by atoms with Gasteiger partial charge in [0.2, 0.25) is 17.8 Å². The van der Waals surface area contributed by atoms with E-state index < -0.39 is 39.0 Å². The van der Waals surface area contributed by atoms with Crippen molar-refractivity contribution in [2.75, 3.05) is 29.5 Å². The van der Waals surface area contributed by atoms with E-state index in [0.717, 1.165) is 0 Å². The van der Waals surface area contributed by atoms with Crippen LogP contribution >= 0.6 is 7.82 Å². The lowest BCUT2D eigenvalue weighted by Crippen LogP contribution is -2.33. The van der Waals surface area contributed by atoms with Gasteiger partial charge in [-0.15, -0.1) is 0 Å². The number of nitrogens with two attached hydrogens (primary N) is 4. The molecule has 32 heavy (non-hydrogen) atoms. The minimum absolute atomic E-state index is 0.0417. The average Bonchev–Trinajstić information content (AvgIpc) is 3.22. The van der Waals surface area contributed by atoms with Crippen molar-refractivity contribution in [2.24, 2.45) is 0 Å². The van der Waals surface area contributed by atoms with Crippen LogP contribution in [0.2, 0.25) is 0 Å². The van der Waals surface area contributed by atoms with Crippen LogP contribution in [0.3, 0.4) is 0 Å². The zero-order chi connectivity index (χ0) is 23.6. The van der Waals surface area contributed by atoms with E-state index in [9.17, 15) is 14.8 Å². The highest BCUT2D eigenvalue weighted by Gasteiger charge is 2.45. The van der Waals surface area contributed by atoms with Gasteiger partial charge in [-0.2, -0.15) is 15.0 Å². The van der Waals surface area contributed by atoms with E-state index in [2.05, 4.69) is 34.4 Å². The topological polar surface area (TPSA) is 303 Å². The lowest BCUT2D eigenvalue weighted by Gasteiger charge is -2.16. The number of aliphatic hydroxyl groups is 2. The van der Waals surface area contributed by atoms with Crippen LogP contribution in [0.25, 0.3) is 11.2 Å². The standard InChI is InChI=1S/C10H14N5O7P.C3H6N6/c11-8-5-9(13-2-12-8)15(3-14-5)10-7(17)6(16)4(22-10)1-21-23(18,19)20;4-1-7-2(5)9-3(6)8-1/h2-4,6-7,10,16-17H,1H2,(H2,11,12,13)(H2,18,19,20);(H6,4,5,6,7,8,9)/t4-,6-,7-,10-;/m1./s1. The van der Waals surface area contributed by atoms with E-state index in [1.165, 1.54) is 17.2 Å². The number of nitrogen functional groups attached to an aromatic ring is 4. The molecule has 12 N–H and O–H groups in total. The Kier molecular flexibility index (Phi) is 6.65. The summed E-state index contributed by atoms with van der Waals surface area (Å²) < 4.78 is 21.8. The molecule has 0 bridgehead atoms. The van der Waals surface area contributed by atoms with Crippen molar-refractivity contribution in [3.8, 4) is 0 Å². The van der Waals surface area contributed by atoms with Gasteiger partial charge >= 0.3 is 7.82 Å². The normalized spacial score (nSPS) is 23.1. The van der Waals surface area contributed by atoms with Gasteiger partial charge in [-0.05, 0) is 0 Å². The summed E-state index contributed by atoms with van der Waals surface area (Å²) in [5.74, 6) is 0.267. The van der Waals surface area contributed by atoms with Gasteiger partial charge in [-0.25, -0.2) is 19.5 Å². The zero-order valence-corrected chi connectivity index (χ0v) is 17.0. The molecule has 1 aliphatic rings. The molecule has 0 radical (unpaired) electrons. The smallest absolute Gasteiger partial charge is 0.387 e. The third-order valence-electron chi connectivity index (χ3n) is 4.09. The second kappa shape index (κ2) is 9.09. The largest absolute Gasteiger partial charge is 0.469 e. The van der Waals surface area contributed by atoms with Crippen molar-refractivity contribution < 1.29 is 33.8 Å². The van der Waals surface area contributed by atoms with Crippen molar-refractivity contribution in [1.29, 1.82) is 0 Å². The third-order valence-corrected chi connectivity index (χ3v) is 4.58. The molecule has 3 aromatic heterocycles. The first-order valence-corrected chi connectivity index (χ1v) is 10.2. The van der Waals surface area contributed by atoms with Crippen LogP contribution in [-0.2, 0) is 13.8 Å². The first-order valence-electron chi connectivity index (χ1n) is 8.63. The minimum atomic E-state index is -4.72. The highest BCUT2D eigenvalue weighted by atomic mass is 31.2. The summed E-state index contributed by atoms with van der Waals surface area (Å²) in [4.78, 5) is 39.7. The predicted molar refractivity (Wildman–Crippen MR) is 107 cm³/mol. The average molecular weight is 473 g/mol. The summed E-state index contributed by atoms with van der Waals surface area (Å²) in [6.45, 7) is -0.594. The molecule has 4 rings (SSSR count). The molecule has 3 aromatic rings. The number of aliphatic hydroxyl groups excluding tert-OH is 2. The van der Waals surface area contributed by atoms with Gasteiger partial charge in [0.15, 0.2) is 17.7 Å². The first-order chi connectivity index (χ1) is 15.0. The zero-order valence-electron chi connectivity index (χ0n) is 16.1. The summed E-state index contributed by atoms with van der Waals surface area (Å²) in [6.07, 6.45) is -2.49. The van der Waals surface area contributed by atoms with Crippen molar-refractivity contribution in [1.82, 2.24) is 34.5 Å². The quantitative estimate of drug-likeness (QED) is 0.172.